The Morgan fingerprint density at radius 2 is 1.57 bits per heavy atom. The van der Waals surface area contributed by atoms with E-state index in [1.807, 2.05) is 30.3 Å². The second kappa shape index (κ2) is 10.5. The average molecular weight is 493 g/mol. The number of rotatable bonds is 9. The minimum Gasteiger partial charge on any atom is -0.497 e. The molecule has 0 aliphatic heterocycles. The Labute approximate surface area is 206 Å². The summed E-state index contributed by atoms with van der Waals surface area (Å²) in [5.74, 6) is 1.60. The van der Waals surface area contributed by atoms with Crippen molar-refractivity contribution in [3.63, 3.8) is 0 Å². The molecule has 35 heavy (non-hydrogen) atoms. The maximum atomic E-state index is 13.7. The lowest BCUT2D eigenvalue weighted by Gasteiger charge is -2.17. The molecule has 0 atom stereocenters. The summed E-state index contributed by atoms with van der Waals surface area (Å²) in [4.78, 5) is 31.4. The predicted molar refractivity (Wildman–Crippen MR) is 135 cm³/mol. The Kier molecular flexibility index (Phi) is 7.26. The molecule has 0 radical (unpaired) electrons. The highest BCUT2D eigenvalue weighted by atomic mass is 32.2. The summed E-state index contributed by atoms with van der Waals surface area (Å²) < 4.78 is 23.1. The molecule has 0 aliphatic rings. The smallest absolute Gasteiger partial charge is 0.266 e. The van der Waals surface area contributed by atoms with Crippen molar-refractivity contribution >= 4 is 28.4 Å². The molecule has 1 aromatic heterocycles. The maximum absolute atomic E-state index is 13.7. The average Bonchev–Trinajstić information content (AvgIpc) is 2.91. The lowest BCUT2D eigenvalue weighted by molar-refractivity contribution is 0.102. The third-order valence-electron chi connectivity index (χ3n) is 5.39. The molecular weight excluding hydrogens is 468 g/mol. The van der Waals surface area contributed by atoms with Gasteiger partial charge in [0.15, 0.2) is 22.4 Å². The number of thioether (sulfide) groups is 1. The van der Waals surface area contributed by atoms with Gasteiger partial charge in [-0.3, -0.25) is 14.2 Å². The zero-order chi connectivity index (χ0) is 24.9. The molecule has 0 bridgehead atoms. The van der Waals surface area contributed by atoms with Crippen molar-refractivity contribution < 1.29 is 23.7 Å². The molecule has 4 aromatic rings. The van der Waals surface area contributed by atoms with E-state index in [0.29, 0.717) is 44.6 Å². The van der Waals surface area contributed by atoms with Crippen LogP contribution in [0, 0.1) is 0 Å². The van der Waals surface area contributed by atoms with Gasteiger partial charge < -0.3 is 18.9 Å². The van der Waals surface area contributed by atoms with Crippen LogP contribution in [0.15, 0.2) is 70.6 Å². The lowest BCUT2D eigenvalue weighted by Crippen LogP contribution is -2.22. The number of nitrogens with zero attached hydrogens (tertiary/aromatic N) is 2. The Bertz CT molecular complexity index is 1420. The number of fused-ring (bicyclic) bond motifs is 1. The lowest BCUT2D eigenvalue weighted by atomic mass is 10.1. The minimum absolute atomic E-state index is 0.0761. The Morgan fingerprint density at radius 1 is 0.886 bits per heavy atom. The van der Waals surface area contributed by atoms with Crippen molar-refractivity contribution in [3.05, 3.63) is 76.6 Å². The standard InChI is InChI=1S/C26H24N2O6S/c1-31-18-12-10-16(11-13-18)20(29)15-35-26-27-22-19(14-21(32-2)23(33-3)24(22)34-4)25(30)28(26)17-8-6-5-7-9-17/h5-14H,15H2,1-4H3. The number of methoxy groups -OCH3 is 4. The molecular formula is C26H24N2O6S. The maximum Gasteiger partial charge on any atom is 0.266 e. The van der Waals surface area contributed by atoms with Crippen LogP contribution >= 0.6 is 11.8 Å². The van der Waals surface area contributed by atoms with Gasteiger partial charge >= 0.3 is 0 Å². The highest BCUT2D eigenvalue weighted by Crippen LogP contribution is 2.42. The van der Waals surface area contributed by atoms with Gasteiger partial charge in [-0.15, -0.1) is 0 Å². The van der Waals surface area contributed by atoms with Crippen molar-refractivity contribution in [3.8, 4) is 28.7 Å². The number of benzene rings is 3. The summed E-state index contributed by atoms with van der Waals surface area (Å²) >= 11 is 1.17. The summed E-state index contributed by atoms with van der Waals surface area (Å²) in [6.45, 7) is 0. The van der Waals surface area contributed by atoms with E-state index < -0.39 is 0 Å². The van der Waals surface area contributed by atoms with Crippen molar-refractivity contribution in [2.45, 2.75) is 5.16 Å². The van der Waals surface area contributed by atoms with Gasteiger partial charge in [0.05, 0.1) is 45.3 Å². The highest BCUT2D eigenvalue weighted by molar-refractivity contribution is 7.99. The van der Waals surface area contributed by atoms with Crippen LogP contribution in [0.5, 0.6) is 23.0 Å². The molecule has 0 fully saturated rings. The molecule has 0 N–H and O–H groups in total. The number of ketones is 1. The normalized spacial score (nSPS) is 10.7. The quantitative estimate of drug-likeness (QED) is 0.193. The minimum atomic E-state index is -0.320. The molecule has 0 spiro atoms. The van der Waals surface area contributed by atoms with Crippen molar-refractivity contribution in [2.24, 2.45) is 0 Å². The molecule has 9 heteroatoms. The fourth-order valence-corrected chi connectivity index (χ4v) is 4.56. The van der Waals surface area contributed by atoms with Crippen molar-refractivity contribution in [1.82, 2.24) is 9.55 Å². The number of hydrogen-bond donors (Lipinski definition) is 0. The van der Waals surface area contributed by atoms with E-state index in [1.165, 1.54) is 37.7 Å². The zero-order valence-electron chi connectivity index (χ0n) is 19.7. The molecule has 0 saturated carbocycles. The van der Waals surface area contributed by atoms with Gasteiger partial charge in [-0.2, -0.15) is 0 Å². The van der Waals surface area contributed by atoms with Gasteiger partial charge in [0.25, 0.3) is 5.56 Å². The van der Waals surface area contributed by atoms with E-state index in [-0.39, 0.29) is 22.8 Å². The topological polar surface area (TPSA) is 88.9 Å². The molecule has 0 aliphatic carbocycles. The third-order valence-corrected chi connectivity index (χ3v) is 6.33. The Balaban J connectivity index is 1.85. The van der Waals surface area contributed by atoms with Crippen LogP contribution in [0.25, 0.3) is 16.6 Å². The van der Waals surface area contributed by atoms with E-state index in [0.717, 1.165) is 0 Å². The fourth-order valence-electron chi connectivity index (χ4n) is 3.66. The van der Waals surface area contributed by atoms with Crippen molar-refractivity contribution in [1.29, 1.82) is 0 Å². The summed E-state index contributed by atoms with van der Waals surface area (Å²) in [6, 6.07) is 17.6. The number of ether oxygens (including phenoxy) is 4. The number of carbonyl (C=O) groups is 1. The molecule has 180 valence electrons. The molecule has 0 saturated heterocycles. The van der Waals surface area contributed by atoms with E-state index in [1.54, 1.807) is 37.4 Å². The van der Waals surface area contributed by atoms with E-state index in [4.69, 9.17) is 23.9 Å². The first-order chi connectivity index (χ1) is 17.0. The van der Waals surface area contributed by atoms with Gasteiger partial charge in [0.2, 0.25) is 5.75 Å². The Morgan fingerprint density at radius 3 is 2.17 bits per heavy atom. The molecule has 4 rings (SSSR count). The van der Waals surface area contributed by atoms with Crippen molar-refractivity contribution in [2.75, 3.05) is 34.2 Å². The molecule has 1 heterocycles. The monoisotopic (exact) mass is 492 g/mol. The van der Waals surface area contributed by atoms with Crippen LogP contribution in [-0.2, 0) is 0 Å². The van der Waals surface area contributed by atoms with Crippen LogP contribution in [-0.4, -0.2) is 49.5 Å². The fraction of sp³-hybridized carbons (Fsp3) is 0.192. The van der Waals surface area contributed by atoms with Gasteiger partial charge in [-0.05, 0) is 42.5 Å². The van der Waals surface area contributed by atoms with Crippen LogP contribution in [0.4, 0.5) is 0 Å². The molecule has 0 unspecified atom stereocenters. The summed E-state index contributed by atoms with van der Waals surface area (Å²) in [6.07, 6.45) is 0. The van der Waals surface area contributed by atoms with Crippen LogP contribution < -0.4 is 24.5 Å². The van der Waals surface area contributed by atoms with E-state index in [2.05, 4.69) is 0 Å². The first-order valence-corrected chi connectivity index (χ1v) is 11.6. The van der Waals surface area contributed by atoms with Gasteiger partial charge in [-0.25, -0.2) is 4.98 Å². The van der Waals surface area contributed by atoms with Gasteiger partial charge in [0, 0.05) is 5.56 Å². The summed E-state index contributed by atoms with van der Waals surface area (Å²) in [5.41, 5.74) is 1.17. The first kappa shape index (κ1) is 24.2. The zero-order valence-corrected chi connectivity index (χ0v) is 20.5. The number of carbonyl (C=O) groups excluding carboxylic acids is 1. The summed E-state index contributed by atoms with van der Waals surface area (Å²) in [5, 5.41) is 0.648. The van der Waals surface area contributed by atoms with E-state index >= 15 is 0 Å². The number of hydrogen-bond acceptors (Lipinski definition) is 8. The molecule has 3 aromatic carbocycles. The van der Waals surface area contributed by atoms with Gasteiger partial charge in [-0.1, -0.05) is 30.0 Å². The molecule has 8 nitrogen and oxygen atoms in total. The Hall–Kier alpha value is -3.98. The number of Topliss-reactive ketones (excluding diaryl/α,β-unsaturated/α-hetero) is 1. The second-order valence-corrected chi connectivity index (χ2v) is 8.29. The molecule has 0 amide bonds. The van der Waals surface area contributed by atoms with Crippen LogP contribution in [0.1, 0.15) is 10.4 Å². The number of aromatic nitrogens is 2. The largest absolute Gasteiger partial charge is 0.497 e. The predicted octanol–water partition coefficient (Wildman–Crippen LogP) is 4.40. The van der Waals surface area contributed by atoms with Crippen LogP contribution in [0.3, 0.4) is 0 Å². The van der Waals surface area contributed by atoms with Gasteiger partial charge in [0.1, 0.15) is 11.3 Å². The highest BCUT2D eigenvalue weighted by Gasteiger charge is 2.23. The number of para-hydroxylation sites is 1. The second-order valence-electron chi connectivity index (χ2n) is 7.35. The summed E-state index contributed by atoms with van der Waals surface area (Å²) in [7, 11) is 6.02. The first-order valence-electron chi connectivity index (χ1n) is 10.6. The van der Waals surface area contributed by atoms with Crippen LogP contribution in [0.2, 0.25) is 0 Å². The third kappa shape index (κ3) is 4.67. The SMILES string of the molecule is COc1ccc(C(=O)CSc2nc3c(OC)c(OC)c(OC)cc3c(=O)n2-c2ccccc2)cc1. The van der Waals surface area contributed by atoms with E-state index in [9.17, 15) is 9.59 Å².